The van der Waals surface area contributed by atoms with Gasteiger partial charge in [-0.3, -0.25) is 10.1 Å². The second-order valence-electron chi connectivity index (χ2n) is 7.89. The number of rotatable bonds is 8. The Morgan fingerprint density at radius 3 is 2.94 bits per heavy atom. The third-order valence-electron chi connectivity index (χ3n) is 5.46. The number of carbonyl (C=O) groups is 1. The lowest BCUT2D eigenvalue weighted by atomic mass is 10.2. The number of halogens is 3. The van der Waals surface area contributed by atoms with Gasteiger partial charge in [-0.2, -0.15) is 4.39 Å². The Morgan fingerprint density at radius 1 is 1.34 bits per heavy atom. The number of carbonyl (C=O) groups excluding carboxylic acids is 1. The van der Waals surface area contributed by atoms with Gasteiger partial charge in [-0.15, -0.1) is 11.3 Å². The van der Waals surface area contributed by atoms with Crippen LogP contribution in [0.4, 0.5) is 13.9 Å². The lowest BCUT2D eigenvalue weighted by molar-refractivity contribution is 0.101. The highest BCUT2D eigenvalue weighted by molar-refractivity contribution is 7.14. The number of imidazole rings is 1. The van der Waals surface area contributed by atoms with Crippen LogP contribution in [0.1, 0.15) is 46.3 Å². The van der Waals surface area contributed by atoms with E-state index in [1.807, 2.05) is 4.57 Å². The molecule has 1 saturated carbocycles. The molecule has 5 rings (SSSR count). The zero-order valence-corrected chi connectivity index (χ0v) is 20.0. The Morgan fingerprint density at radius 2 is 2.17 bits per heavy atom. The van der Waals surface area contributed by atoms with Gasteiger partial charge in [0.25, 0.3) is 5.91 Å². The van der Waals surface area contributed by atoms with Crippen LogP contribution in [0, 0.1) is 11.8 Å². The minimum atomic E-state index is -1.20. The molecule has 0 radical (unpaired) electrons. The van der Waals surface area contributed by atoms with E-state index in [9.17, 15) is 13.6 Å². The number of hydrogen-bond donors (Lipinski definition) is 1. The summed E-state index contributed by atoms with van der Waals surface area (Å²) in [6.45, 7) is -0.0858. The first-order valence-electron chi connectivity index (χ1n) is 10.6. The number of ether oxygens (including phenoxy) is 1. The monoisotopic (exact) mass is 516 g/mol. The molecule has 4 aromatic heterocycles. The molecule has 1 aliphatic carbocycles. The van der Waals surface area contributed by atoms with E-state index >= 15 is 0 Å². The summed E-state index contributed by atoms with van der Waals surface area (Å²) in [5.41, 5.74) is 1.53. The average molecular weight is 517 g/mol. The number of hydrogen-bond acceptors (Lipinski definition) is 6. The largest absolute Gasteiger partial charge is 0.495 e. The predicted octanol–water partition coefficient (Wildman–Crippen LogP) is 5.28. The fourth-order valence-corrected chi connectivity index (χ4v) is 4.47. The second kappa shape index (κ2) is 9.59. The van der Waals surface area contributed by atoms with Crippen molar-refractivity contribution < 1.29 is 18.3 Å². The standard InChI is InChI=1S/C23H19ClF2N6O2S/c1-34-16-8-18(31(10-16)9-13-6-7-27-21(26)19(13)25)22(33)30-23-29-14(11-35-23)2-5-17-20(24)32(12-28-17)15-3-4-15/h2,5-8,10-12,15H,3-4,9H2,1H3,(H,29,30,33)/b5-2+. The van der Waals surface area contributed by atoms with Gasteiger partial charge < -0.3 is 13.9 Å². The summed E-state index contributed by atoms with van der Waals surface area (Å²) in [6, 6.07) is 3.30. The Balaban J connectivity index is 1.30. The van der Waals surface area contributed by atoms with Crippen LogP contribution in [-0.2, 0) is 6.54 Å². The van der Waals surface area contributed by atoms with E-state index in [-0.39, 0.29) is 17.8 Å². The zero-order chi connectivity index (χ0) is 24.5. The Bertz CT molecular complexity index is 1430. The van der Waals surface area contributed by atoms with Crippen molar-refractivity contribution in [2.75, 3.05) is 12.4 Å². The highest BCUT2D eigenvalue weighted by atomic mass is 35.5. The molecule has 0 bridgehead atoms. The maximum Gasteiger partial charge on any atom is 0.274 e. The van der Waals surface area contributed by atoms with E-state index in [4.69, 9.17) is 16.3 Å². The van der Waals surface area contributed by atoms with E-state index in [0.717, 1.165) is 12.8 Å². The van der Waals surface area contributed by atoms with Crippen LogP contribution in [0.2, 0.25) is 5.15 Å². The molecule has 0 unspecified atom stereocenters. The van der Waals surface area contributed by atoms with Crippen molar-refractivity contribution in [2.24, 2.45) is 0 Å². The molecule has 0 spiro atoms. The first kappa shape index (κ1) is 23.2. The minimum absolute atomic E-state index is 0.0502. The van der Waals surface area contributed by atoms with Crippen LogP contribution in [0.3, 0.4) is 0 Å². The summed E-state index contributed by atoms with van der Waals surface area (Å²) in [5, 5.41) is 5.48. The molecular weight excluding hydrogens is 498 g/mol. The average Bonchev–Trinajstić information content (AvgIpc) is 3.27. The second-order valence-corrected chi connectivity index (χ2v) is 9.11. The number of amides is 1. The zero-order valence-electron chi connectivity index (χ0n) is 18.4. The molecular formula is C23H19ClF2N6O2S. The summed E-state index contributed by atoms with van der Waals surface area (Å²) in [4.78, 5) is 25.0. The third-order valence-corrected chi connectivity index (χ3v) is 6.63. The topological polar surface area (TPSA) is 86.9 Å². The molecule has 1 fully saturated rings. The van der Waals surface area contributed by atoms with E-state index in [1.54, 1.807) is 23.9 Å². The summed E-state index contributed by atoms with van der Waals surface area (Å²) in [7, 11) is 1.45. The van der Waals surface area contributed by atoms with Crippen molar-refractivity contribution in [1.82, 2.24) is 24.1 Å². The fraction of sp³-hybridized carbons (Fsp3) is 0.217. The molecule has 0 aromatic carbocycles. The number of aromatic nitrogens is 5. The highest BCUT2D eigenvalue weighted by Crippen LogP contribution is 2.38. The van der Waals surface area contributed by atoms with Crippen molar-refractivity contribution in [2.45, 2.75) is 25.4 Å². The van der Waals surface area contributed by atoms with Gasteiger partial charge in [0.15, 0.2) is 10.9 Å². The van der Waals surface area contributed by atoms with Crippen molar-refractivity contribution >= 4 is 46.1 Å². The SMILES string of the molecule is COc1cc(C(=O)Nc2nc(/C=C/c3ncn(C4CC4)c3Cl)cs2)n(Cc2ccnc(F)c2F)c1. The van der Waals surface area contributed by atoms with E-state index in [2.05, 4.69) is 20.3 Å². The van der Waals surface area contributed by atoms with Crippen LogP contribution in [0.15, 0.2) is 36.2 Å². The molecule has 35 heavy (non-hydrogen) atoms. The fourth-order valence-electron chi connectivity index (χ4n) is 3.50. The smallest absolute Gasteiger partial charge is 0.274 e. The van der Waals surface area contributed by atoms with Gasteiger partial charge in [0.2, 0.25) is 5.95 Å². The Kier molecular flexibility index (Phi) is 6.35. The maximum absolute atomic E-state index is 14.1. The van der Waals surface area contributed by atoms with Gasteiger partial charge in [0, 0.05) is 35.4 Å². The number of pyridine rings is 1. The molecule has 1 aliphatic rings. The Labute approximate surface area is 207 Å². The van der Waals surface area contributed by atoms with Gasteiger partial charge in [0.1, 0.15) is 22.3 Å². The summed E-state index contributed by atoms with van der Waals surface area (Å²) < 4.78 is 36.3. The molecule has 8 nitrogen and oxygen atoms in total. The van der Waals surface area contributed by atoms with Crippen molar-refractivity contribution in [3.8, 4) is 5.75 Å². The van der Waals surface area contributed by atoms with Gasteiger partial charge in [-0.25, -0.2) is 19.3 Å². The highest BCUT2D eigenvalue weighted by Gasteiger charge is 2.26. The van der Waals surface area contributed by atoms with Crippen LogP contribution >= 0.6 is 22.9 Å². The van der Waals surface area contributed by atoms with Crippen LogP contribution < -0.4 is 10.1 Å². The van der Waals surface area contributed by atoms with E-state index < -0.39 is 17.7 Å². The van der Waals surface area contributed by atoms with Crippen molar-refractivity contribution in [3.63, 3.8) is 0 Å². The predicted molar refractivity (Wildman–Crippen MR) is 129 cm³/mol. The summed E-state index contributed by atoms with van der Waals surface area (Å²) in [5.74, 6) is -2.34. The Hall–Kier alpha value is -3.57. The lowest BCUT2D eigenvalue weighted by Gasteiger charge is -2.09. The van der Waals surface area contributed by atoms with Gasteiger partial charge in [-0.1, -0.05) is 11.6 Å². The number of anilines is 1. The van der Waals surface area contributed by atoms with Gasteiger partial charge >= 0.3 is 0 Å². The normalized spacial score (nSPS) is 13.5. The molecule has 180 valence electrons. The van der Waals surface area contributed by atoms with Crippen LogP contribution in [0.25, 0.3) is 12.2 Å². The van der Waals surface area contributed by atoms with E-state index in [0.29, 0.717) is 33.5 Å². The quantitative estimate of drug-likeness (QED) is 0.322. The first-order valence-corrected chi connectivity index (χ1v) is 11.9. The molecule has 1 N–H and O–H groups in total. The molecule has 1 amide bonds. The van der Waals surface area contributed by atoms with Gasteiger partial charge in [-0.05, 0) is 31.1 Å². The molecule has 0 atom stereocenters. The molecule has 4 aromatic rings. The molecule has 4 heterocycles. The number of thiazole rings is 1. The van der Waals surface area contributed by atoms with Gasteiger partial charge in [0.05, 0.1) is 25.7 Å². The molecule has 0 aliphatic heterocycles. The lowest BCUT2D eigenvalue weighted by Crippen LogP contribution is -2.17. The minimum Gasteiger partial charge on any atom is -0.495 e. The number of nitrogens with one attached hydrogen (secondary N) is 1. The number of methoxy groups -OCH3 is 1. The van der Waals surface area contributed by atoms with Crippen molar-refractivity contribution in [3.05, 3.63) is 75.8 Å². The summed E-state index contributed by atoms with van der Waals surface area (Å²) >= 11 is 7.63. The van der Waals surface area contributed by atoms with Crippen LogP contribution in [-0.4, -0.2) is 37.1 Å². The summed E-state index contributed by atoms with van der Waals surface area (Å²) in [6.07, 6.45) is 10.2. The van der Waals surface area contributed by atoms with E-state index in [1.165, 1.54) is 47.5 Å². The number of nitrogens with zero attached hydrogens (tertiary/aromatic N) is 5. The molecule has 12 heteroatoms. The van der Waals surface area contributed by atoms with Crippen LogP contribution in [0.5, 0.6) is 5.75 Å². The maximum atomic E-state index is 14.1. The first-order chi connectivity index (χ1) is 16.9. The van der Waals surface area contributed by atoms with Crippen molar-refractivity contribution in [1.29, 1.82) is 0 Å². The molecule has 0 saturated heterocycles. The third kappa shape index (κ3) is 4.96.